The van der Waals surface area contributed by atoms with E-state index in [1.807, 2.05) is 6.92 Å². The van der Waals surface area contributed by atoms with Crippen LogP contribution in [0.5, 0.6) is 0 Å². The second-order valence-electron chi connectivity index (χ2n) is 3.11. The predicted molar refractivity (Wildman–Crippen MR) is 63.6 cm³/mol. The minimum absolute atomic E-state index is 0.0692. The molecule has 1 unspecified atom stereocenters. The lowest BCUT2D eigenvalue weighted by Gasteiger charge is -2.12. The van der Waals surface area contributed by atoms with Crippen molar-refractivity contribution in [1.82, 2.24) is 4.98 Å². The van der Waals surface area contributed by atoms with Crippen molar-refractivity contribution in [1.29, 1.82) is 0 Å². The first-order chi connectivity index (χ1) is 7.04. The van der Waals surface area contributed by atoms with Crippen LogP contribution in [-0.2, 0) is 4.74 Å². The molecular weight excluding hydrogens is 237 g/mol. The number of nitrogen functional groups attached to an aromatic ring is 1. The zero-order chi connectivity index (χ0) is 11.4. The van der Waals surface area contributed by atoms with Crippen LogP contribution < -0.4 is 11.1 Å². The molecule has 4 nitrogen and oxygen atoms in total. The first kappa shape index (κ1) is 12.4. The highest BCUT2D eigenvalue weighted by atomic mass is 35.5. The van der Waals surface area contributed by atoms with Crippen LogP contribution in [0, 0.1) is 0 Å². The monoisotopic (exact) mass is 249 g/mol. The minimum Gasteiger partial charge on any atom is -0.382 e. The third-order valence-electron chi connectivity index (χ3n) is 1.92. The molecule has 1 heterocycles. The molecule has 0 aliphatic carbocycles. The van der Waals surface area contributed by atoms with Crippen molar-refractivity contribution in [3.05, 3.63) is 16.1 Å². The number of pyridine rings is 1. The third kappa shape index (κ3) is 3.41. The summed E-state index contributed by atoms with van der Waals surface area (Å²) >= 11 is 11.7. The molecule has 1 aromatic rings. The number of ether oxygens (including phenoxy) is 1. The fraction of sp³-hybridized carbons (Fsp3) is 0.444. The number of nitrogens with zero attached hydrogens (tertiary/aromatic N) is 1. The Hall–Kier alpha value is -0.710. The summed E-state index contributed by atoms with van der Waals surface area (Å²) in [5.74, 6) is 0.774. The maximum absolute atomic E-state index is 5.92. The molecule has 0 aliphatic rings. The van der Waals surface area contributed by atoms with E-state index in [2.05, 4.69) is 10.3 Å². The van der Waals surface area contributed by atoms with E-state index in [4.69, 9.17) is 33.7 Å². The van der Waals surface area contributed by atoms with Gasteiger partial charge < -0.3 is 15.8 Å². The van der Waals surface area contributed by atoms with Crippen molar-refractivity contribution in [3.8, 4) is 0 Å². The van der Waals surface area contributed by atoms with E-state index in [1.54, 1.807) is 13.2 Å². The summed E-state index contributed by atoms with van der Waals surface area (Å²) in [6, 6.07) is 1.56. The number of hydrogen-bond donors (Lipinski definition) is 2. The zero-order valence-electron chi connectivity index (χ0n) is 8.55. The standard InChI is InChI=1S/C9H13Cl2N3O/c1-5(15-2)4-13-9-7(11)3-6(10)8(12)14-9/h3,5H,4H2,1-2H3,(H3,12,13,14). The number of anilines is 2. The zero-order valence-corrected chi connectivity index (χ0v) is 10.1. The van der Waals surface area contributed by atoms with E-state index >= 15 is 0 Å². The predicted octanol–water partition coefficient (Wildman–Crippen LogP) is 2.42. The Labute approximate surface area is 98.7 Å². The number of rotatable bonds is 4. The number of nitrogens with one attached hydrogen (secondary N) is 1. The second-order valence-corrected chi connectivity index (χ2v) is 3.93. The molecule has 84 valence electrons. The van der Waals surface area contributed by atoms with E-state index < -0.39 is 0 Å². The molecule has 0 saturated carbocycles. The van der Waals surface area contributed by atoms with Crippen LogP contribution in [0.4, 0.5) is 11.6 Å². The van der Waals surface area contributed by atoms with Crippen molar-refractivity contribution in [3.63, 3.8) is 0 Å². The van der Waals surface area contributed by atoms with Crippen LogP contribution >= 0.6 is 23.2 Å². The Balaban J connectivity index is 2.73. The number of methoxy groups -OCH3 is 1. The lowest BCUT2D eigenvalue weighted by atomic mass is 10.4. The Morgan fingerprint density at radius 1 is 1.53 bits per heavy atom. The largest absolute Gasteiger partial charge is 0.382 e. The van der Waals surface area contributed by atoms with Crippen molar-refractivity contribution >= 4 is 34.8 Å². The highest BCUT2D eigenvalue weighted by Crippen LogP contribution is 2.27. The topological polar surface area (TPSA) is 60.2 Å². The average Bonchev–Trinajstić information content (AvgIpc) is 2.21. The molecule has 0 aromatic carbocycles. The molecule has 1 rings (SSSR count). The summed E-state index contributed by atoms with van der Waals surface area (Å²) in [7, 11) is 1.64. The first-order valence-corrected chi connectivity index (χ1v) is 5.18. The number of hydrogen-bond acceptors (Lipinski definition) is 4. The highest BCUT2D eigenvalue weighted by molar-refractivity contribution is 6.37. The summed E-state index contributed by atoms with van der Waals surface area (Å²) in [6.07, 6.45) is 0.0692. The molecule has 15 heavy (non-hydrogen) atoms. The summed E-state index contributed by atoms with van der Waals surface area (Å²) < 4.78 is 5.08. The molecule has 1 aromatic heterocycles. The molecule has 3 N–H and O–H groups in total. The molecule has 0 amide bonds. The molecule has 6 heteroatoms. The quantitative estimate of drug-likeness (QED) is 0.861. The Morgan fingerprint density at radius 3 is 2.80 bits per heavy atom. The molecule has 0 bridgehead atoms. The highest BCUT2D eigenvalue weighted by Gasteiger charge is 2.07. The SMILES string of the molecule is COC(C)CNc1nc(N)c(Cl)cc1Cl. The van der Waals surface area contributed by atoms with Gasteiger partial charge in [-0.15, -0.1) is 0 Å². The van der Waals surface area contributed by atoms with Gasteiger partial charge in [-0.05, 0) is 13.0 Å². The lowest BCUT2D eigenvalue weighted by molar-refractivity contribution is 0.128. The fourth-order valence-electron chi connectivity index (χ4n) is 0.929. The van der Waals surface area contributed by atoms with Gasteiger partial charge in [0.2, 0.25) is 0 Å². The Bertz CT molecular complexity index is 346. The molecule has 0 aliphatic heterocycles. The van der Waals surface area contributed by atoms with Crippen LogP contribution in [0.2, 0.25) is 10.0 Å². The molecule has 0 fully saturated rings. The normalized spacial score (nSPS) is 12.5. The van der Waals surface area contributed by atoms with Gasteiger partial charge in [0.05, 0.1) is 16.1 Å². The van der Waals surface area contributed by atoms with Crippen molar-refractivity contribution in [2.75, 3.05) is 24.7 Å². The van der Waals surface area contributed by atoms with Gasteiger partial charge in [0, 0.05) is 13.7 Å². The van der Waals surface area contributed by atoms with Crippen LogP contribution in [0.1, 0.15) is 6.92 Å². The maximum atomic E-state index is 5.92. The number of nitrogens with two attached hydrogens (primary N) is 1. The van der Waals surface area contributed by atoms with Gasteiger partial charge in [-0.1, -0.05) is 23.2 Å². The molecule has 0 spiro atoms. The third-order valence-corrected chi connectivity index (χ3v) is 2.51. The molecule has 0 radical (unpaired) electrons. The van der Waals surface area contributed by atoms with Gasteiger partial charge in [0.1, 0.15) is 11.6 Å². The molecule has 1 atom stereocenters. The van der Waals surface area contributed by atoms with Gasteiger partial charge >= 0.3 is 0 Å². The van der Waals surface area contributed by atoms with E-state index in [-0.39, 0.29) is 11.9 Å². The Kier molecular flexibility index (Phi) is 4.45. The molecule has 0 saturated heterocycles. The van der Waals surface area contributed by atoms with Gasteiger partial charge in [-0.3, -0.25) is 0 Å². The smallest absolute Gasteiger partial charge is 0.147 e. The van der Waals surface area contributed by atoms with E-state index in [1.165, 1.54) is 0 Å². The average molecular weight is 250 g/mol. The Morgan fingerprint density at radius 2 is 2.20 bits per heavy atom. The summed E-state index contributed by atoms with van der Waals surface area (Å²) in [5.41, 5.74) is 5.56. The van der Waals surface area contributed by atoms with Crippen LogP contribution in [-0.4, -0.2) is 24.7 Å². The van der Waals surface area contributed by atoms with E-state index in [0.29, 0.717) is 22.4 Å². The van der Waals surface area contributed by atoms with Crippen molar-refractivity contribution < 1.29 is 4.74 Å². The summed E-state index contributed by atoms with van der Waals surface area (Å²) in [4.78, 5) is 4.03. The minimum atomic E-state index is 0.0692. The summed E-state index contributed by atoms with van der Waals surface area (Å²) in [6.45, 7) is 2.53. The number of halogens is 2. The van der Waals surface area contributed by atoms with Gasteiger partial charge in [0.15, 0.2) is 0 Å². The van der Waals surface area contributed by atoms with Gasteiger partial charge in [0.25, 0.3) is 0 Å². The van der Waals surface area contributed by atoms with Crippen LogP contribution in [0.15, 0.2) is 6.07 Å². The molecular formula is C9H13Cl2N3O. The summed E-state index contributed by atoms with van der Waals surface area (Å²) in [5, 5.41) is 3.82. The fourth-order valence-corrected chi connectivity index (χ4v) is 1.35. The lowest BCUT2D eigenvalue weighted by Crippen LogP contribution is -2.19. The van der Waals surface area contributed by atoms with E-state index in [9.17, 15) is 0 Å². The second kappa shape index (κ2) is 5.39. The van der Waals surface area contributed by atoms with Gasteiger partial charge in [-0.25, -0.2) is 4.98 Å². The van der Waals surface area contributed by atoms with E-state index in [0.717, 1.165) is 0 Å². The first-order valence-electron chi connectivity index (χ1n) is 4.42. The van der Waals surface area contributed by atoms with Crippen LogP contribution in [0.3, 0.4) is 0 Å². The van der Waals surface area contributed by atoms with Crippen LogP contribution in [0.25, 0.3) is 0 Å². The maximum Gasteiger partial charge on any atom is 0.147 e. The van der Waals surface area contributed by atoms with Gasteiger partial charge in [-0.2, -0.15) is 0 Å². The van der Waals surface area contributed by atoms with Crippen molar-refractivity contribution in [2.45, 2.75) is 13.0 Å². The number of aromatic nitrogens is 1. The van der Waals surface area contributed by atoms with Crippen molar-refractivity contribution in [2.24, 2.45) is 0 Å².